The Morgan fingerprint density at radius 3 is 2.07 bits per heavy atom. The fraction of sp³-hybridized carbons (Fsp3) is 0.357. The van der Waals surface area contributed by atoms with Crippen molar-refractivity contribution in [3.05, 3.63) is 76.3 Å². The van der Waals surface area contributed by atoms with Crippen LogP contribution in [0.1, 0.15) is 65.7 Å². The van der Waals surface area contributed by atoms with Crippen molar-refractivity contribution in [3.8, 4) is 11.5 Å². The molecule has 0 amide bonds. The quantitative estimate of drug-likeness (QED) is 0.0822. The molecule has 0 saturated carbocycles. The van der Waals surface area contributed by atoms with Crippen molar-refractivity contribution in [1.82, 2.24) is 9.97 Å². The molecule has 4 aromatic carbocycles. The van der Waals surface area contributed by atoms with E-state index in [1.165, 1.54) is 44.4 Å². The Balaban J connectivity index is 0.000000160. The molecule has 0 spiro atoms. The maximum Gasteiger partial charge on any atom is 0.338 e. The van der Waals surface area contributed by atoms with Gasteiger partial charge in [-0.2, -0.15) is 0 Å². The summed E-state index contributed by atoms with van der Waals surface area (Å²) in [5.41, 5.74) is 9.81. The van der Waals surface area contributed by atoms with Gasteiger partial charge in [-0.05, 0) is 123 Å². The Bertz CT molecular complexity index is 2590. The van der Waals surface area contributed by atoms with Gasteiger partial charge < -0.3 is 24.7 Å². The molecule has 0 fully saturated rings. The molecule has 2 aromatic heterocycles. The van der Waals surface area contributed by atoms with Crippen molar-refractivity contribution < 1.29 is 36.2 Å². The normalized spacial score (nSPS) is 15.4. The molecule has 0 aliphatic carbocycles. The van der Waals surface area contributed by atoms with E-state index in [2.05, 4.69) is 59.3 Å². The number of aryl methyl sites for hydroxylation is 1. The van der Waals surface area contributed by atoms with Crippen LogP contribution in [0.25, 0.3) is 20.4 Å². The van der Waals surface area contributed by atoms with Gasteiger partial charge in [0, 0.05) is 64.5 Å². The van der Waals surface area contributed by atoms with Gasteiger partial charge in [-0.25, -0.2) is 14.8 Å². The number of thiazole rings is 2. The van der Waals surface area contributed by atoms with Crippen LogP contribution in [-0.2, 0) is 42.2 Å². The summed E-state index contributed by atoms with van der Waals surface area (Å²) in [5.74, 6) is 1.19. The summed E-state index contributed by atoms with van der Waals surface area (Å²) in [7, 11) is 0. The van der Waals surface area contributed by atoms with E-state index in [1.807, 2.05) is 43.3 Å². The molecular weight excluding hydrogens is 835 g/mol. The third-order valence-electron chi connectivity index (χ3n) is 10.8. The van der Waals surface area contributed by atoms with Crippen LogP contribution in [-0.4, -0.2) is 64.7 Å². The minimum atomic E-state index is -0.931. The van der Waals surface area contributed by atoms with Gasteiger partial charge in [0.1, 0.15) is 22.9 Å². The summed E-state index contributed by atoms with van der Waals surface area (Å²) >= 11 is 4.74. The largest absolute Gasteiger partial charge is 0.505 e. The van der Waals surface area contributed by atoms with Gasteiger partial charge in [0.05, 0.1) is 32.6 Å². The van der Waals surface area contributed by atoms with E-state index < -0.39 is 5.97 Å². The van der Waals surface area contributed by atoms with Crippen LogP contribution in [0, 0.1) is 0 Å². The molecule has 0 atom stereocenters. The standard InChI is InChI=1S/C22H22N4O2S2.C20H20N4O2S.Ni/c1-2-29-14-7-8-16-18(12-14)30-22(23-16)25-24-17-11-13-5-3-9-26-10-4-6-15(20(13)26)19(17)21(27)28;1-2-26-13-5-6-15-17(11-13)27-20(21-15)23-22-16-10-12-7-9-24-8-3-4-14(18(12)24)19(16)25;/h7-8,11-12H,2-6,9-10H2,1H3,(H,27,28);5-6,10-11,25H,2-4,7-9H2,1H3;. The van der Waals surface area contributed by atoms with Crippen LogP contribution in [0.2, 0.25) is 0 Å². The Morgan fingerprint density at radius 2 is 1.36 bits per heavy atom. The first kappa shape index (κ1) is 40.2. The number of aromatic hydroxyl groups is 1. The van der Waals surface area contributed by atoms with E-state index in [0.717, 1.165) is 120 Å². The van der Waals surface area contributed by atoms with E-state index in [-0.39, 0.29) is 22.2 Å². The predicted molar refractivity (Wildman–Crippen MR) is 230 cm³/mol. The molecule has 6 heterocycles. The summed E-state index contributed by atoms with van der Waals surface area (Å²) in [4.78, 5) is 27.1. The number of aromatic carboxylic acids is 1. The minimum Gasteiger partial charge on any atom is -0.505 e. The zero-order chi connectivity index (χ0) is 39.0. The van der Waals surface area contributed by atoms with Gasteiger partial charge >= 0.3 is 5.97 Å². The first-order chi connectivity index (χ1) is 27.9. The van der Waals surface area contributed by atoms with Crippen molar-refractivity contribution >= 4 is 93.9 Å². The molecule has 12 nitrogen and oxygen atoms in total. The van der Waals surface area contributed by atoms with Crippen molar-refractivity contribution in [3.63, 3.8) is 0 Å². The molecule has 10 rings (SSSR count). The molecule has 302 valence electrons. The fourth-order valence-corrected chi connectivity index (χ4v) is 10.9. The third kappa shape index (κ3) is 7.91. The van der Waals surface area contributed by atoms with E-state index in [4.69, 9.17) is 4.74 Å². The number of carboxylic acids is 1. The molecule has 16 heteroatoms. The summed E-state index contributed by atoms with van der Waals surface area (Å²) < 4.78 is 7.62. The van der Waals surface area contributed by atoms with Gasteiger partial charge in [0.2, 0.25) is 10.3 Å². The number of benzene rings is 4. The second-order valence-corrected chi connectivity index (χ2v) is 17.7. The average molecular weight is 878 g/mol. The zero-order valence-electron chi connectivity index (χ0n) is 32.1. The molecular formula is C42H42N8NiO4S3. The molecule has 0 radical (unpaired) electrons. The van der Waals surface area contributed by atoms with E-state index >= 15 is 0 Å². The smallest absolute Gasteiger partial charge is 0.338 e. The summed E-state index contributed by atoms with van der Waals surface area (Å²) in [6, 6.07) is 15.9. The van der Waals surface area contributed by atoms with Crippen LogP contribution in [0.5, 0.6) is 11.5 Å². The van der Waals surface area contributed by atoms with Gasteiger partial charge in [-0.15, -0.1) is 32.2 Å². The number of hydrogen-bond acceptors (Lipinski definition) is 14. The van der Waals surface area contributed by atoms with Crippen molar-refractivity contribution in [2.24, 2.45) is 20.5 Å². The third-order valence-corrected chi connectivity index (χ3v) is 13.5. The maximum atomic E-state index is 12.1. The maximum absolute atomic E-state index is 12.1. The number of thioether (sulfide) groups is 1. The minimum absolute atomic E-state index is 0. The second kappa shape index (κ2) is 17.3. The van der Waals surface area contributed by atoms with Gasteiger partial charge in [-0.3, -0.25) is 0 Å². The molecule has 6 aromatic rings. The van der Waals surface area contributed by atoms with E-state index in [9.17, 15) is 15.0 Å². The average Bonchev–Trinajstić information content (AvgIpc) is 3.95. The van der Waals surface area contributed by atoms with Crippen molar-refractivity contribution in [2.45, 2.75) is 63.7 Å². The molecule has 2 N–H and O–H groups in total. The molecule has 58 heavy (non-hydrogen) atoms. The molecule has 0 unspecified atom stereocenters. The number of hydrogen-bond donors (Lipinski definition) is 2. The SMILES string of the molecule is CCOc1ccc2nc(N=Nc3cc4c5c(c3O)CCCN5CC4)sc2c1.CCSc1ccc2nc(N=Nc3cc4c5c(c3C(=O)O)CCCN5CCC4)sc2c1.[Ni]. The van der Waals surface area contributed by atoms with Crippen molar-refractivity contribution in [2.75, 3.05) is 48.3 Å². The van der Waals surface area contributed by atoms with E-state index in [1.54, 1.807) is 11.8 Å². The Hall–Kier alpha value is -4.63. The molecule has 4 aliphatic heterocycles. The number of carbonyl (C=O) groups is 1. The number of azo groups is 2. The van der Waals surface area contributed by atoms with Gasteiger partial charge in [0.25, 0.3) is 0 Å². The van der Waals surface area contributed by atoms with Crippen LogP contribution in [0.15, 0.2) is 73.9 Å². The summed E-state index contributed by atoms with van der Waals surface area (Å²) in [5, 5.41) is 39.2. The number of phenols is 1. The monoisotopic (exact) mass is 876 g/mol. The van der Waals surface area contributed by atoms with Gasteiger partial charge in [-0.1, -0.05) is 29.6 Å². The van der Waals surface area contributed by atoms with Crippen LogP contribution in [0.3, 0.4) is 0 Å². The molecule has 0 saturated heterocycles. The Kier molecular flexibility index (Phi) is 12.0. The number of anilines is 2. The Labute approximate surface area is 358 Å². The van der Waals surface area contributed by atoms with Crippen molar-refractivity contribution in [1.29, 1.82) is 0 Å². The van der Waals surface area contributed by atoms with E-state index in [0.29, 0.717) is 33.8 Å². The number of ether oxygens (including phenoxy) is 1. The number of aromatic nitrogens is 2. The predicted octanol–water partition coefficient (Wildman–Crippen LogP) is 11.3. The number of fused-ring (bicyclic) bond motifs is 2. The second-order valence-electron chi connectivity index (χ2n) is 14.3. The zero-order valence-corrected chi connectivity index (χ0v) is 35.6. The number of phenolic OH excluding ortho intramolecular Hbond substituents is 1. The molecule has 4 aliphatic rings. The fourth-order valence-electron chi connectivity index (χ4n) is 8.43. The number of nitrogens with zero attached hydrogens (tertiary/aromatic N) is 8. The van der Waals surface area contributed by atoms with Crippen LogP contribution >= 0.6 is 34.4 Å². The topological polar surface area (TPSA) is 148 Å². The number of rotatable bonds is 9. The Morgan fingerprint density at radius 1 is 0.759 bits per heavy atom. The summed E-state index contributed by atoms with van der Waals surface area (Å²) in [6.45, 7) is 8.85. The first-order valence-corrected chi connectivity index (χ1v) is 22.2. The number of carboxylic acid groups (broad SMARTS) is 1. The van der Waals surface area contributed by atoms with Crippen LogP contribution < -0.4 is 14.5 Å². The summed E-state index contributed by atoms with van der Waals surface area (Å²) in [6.07, 6.45) is 6.78. The van der Waals surface area contributed by atoms with Gasteiger partial charge in [0.15, 0.2) is 0 Å². The first-order valence-electron chi connectivity index (χ1n) is 19.6. The molecule has 0 bridgehead atoms. The van der Waals surface area contributed by atoms with Crippen LogP contribution in [0.4, 0.5) is 33.0 Å².